The molecule has 0 N–H and O–H groups in total. The summed E-state index contributed by atoms with van der Waals surface area (Å²) in [5, 5.41) is 0. The second kappa shape index (κ2) is 7.43. The summed E-state index contributed by atoms with van der Waals surface area (Å²) in [4.78, 5) is 17.0. The number of carbonyl (C=O) groups is 1. The Bertz CT molecular complexity index is 1020. The largest absolute Gasteiger partial charge is 0.305 e. The minimum absolute atomic E-state index is 0.310. The Labute approximate surface area is 152 Å². The van der Waals surface area contributed by atoms with E-state index in [1.807, 2.05) is 53.1 Å². The van der Waals surface area contributed by atoms with Crippen LogP contribution in [0.5, 0.6) is 0 Å². The van der Waals surface area contributed by atoms with Gasteiger partial charge in [0.15, 0.2) is 4.80 Å². The lowest BCUT2D eigenvalue weighted by atomic mass is 10.2. The van der Waals surface area contributed by atoms with Gasteiger partial charge in [0.25, 0.3) is 5.91 Å². The number of benzene rings is 2. The average Bonchev–Trinajstić information content (AvgIpc) is 2.91. The maximum atomic E-state index is 12.2. The Morgan fingerprint density at radius 2 is 2.08 bits per heavy atom. The highest BCUT2D eigenvalue weighted by Gasteiger charge is 2.06. The molecule has 0 atom stereocenters. The highest BCUT2D eigenvalue weighted by atomic mass is 79.9. The maximum absolute atomic E-state index is 12.2. The second-order valence-corrected chi connectivity index (χ2v) is 6.91. The molecule has 0 unspecified atom stereocenters. The zero-order valence-corrected chi connectivity index (χ0v) is 15.0. The molecular weight excluding hydrogens is 384 g/mol. The number of thiazole rings is 1. The third-order valence-corrected chi connectivity index (χ3v) is 4.85. The summed E-state index contributed by atoms with van der Waals surface area (Å²) < 4.78 is 3.88. The fraction of sp³-hybridized carbons (Fsp3) is 0.0526. The molecule has 0 spiro atoms. The van der Waals surface area contributed by atoms with Crippen molar-refractivity contribution in [3.63, 3.8) is 0 Å². The van der Waals surface area contributed by atoms with E-state index in [9.17, 15) is 4.79 Å². The van der Waals surface area contributed by atoms with E-state index in [0.29, 0.717) is 11.3 Å². The van der Waals surface area contributed by atoms with Gasteiger partial charge in [0.1, 0.15) is 0 Å². The molecule has 1 heterocycles. The van der Waals surface area contributed by atoms with Crippen molar-refractivity contribution in [2.45, 2.75) is 6.54 Å². The normalized spacial score (nSPS) is 11.9. The van der Waals surface area contributed by atoms with Crippen LogP contribution in [0.15, 0.2) is 64.1 Å². The fourth-order valence-electron chi connectivity index (χ4n) is 2.24. The first-order valence-corrected chi connectivity index (χ1v) is 8.82. The first-order valence-electron chi connectivity index (χ1n) is 7.21. The molecule has 0 radical (unpaired) electrons. The lowest BCUT2D eigenvalue weighted by molar-refractivity contribution is -0.113. The van der Waals surface area contributed by atoms with E-state index < -0.39 is 0 Å². The molecule has 0 fully saturated rings. The van der Waals surface area contributed by atoms with E-state index >= 15 is 0 Å². The number of terminal acetylenes is 1. The molecule has 0 aliphatic rings. The first kappa shape index (κ1) is 16.4. The van der Waals surface area contributed by atoms with Crippen molar-refractivity contribution in [1.82, 2.24) is 4.57 Å². The SMILES string of the molecule is C#CCn1c(=NC(=O)C=Cc2ccccc2)sc2cc(Br)ccc21. The van der Waals surface area contributed by atoms with Crippen LogP contribution in [-0.2, 0) is 11.3 Å². The number of fused-ring (bicyclic) bond motifs is 1. The summed E-state index contributed by atoms with van der Waals surface area (Å²) >= 11 is 4.90. The van der Waals surface area contributed by atoms with Gasteiger partial charge in [-0.25, -0.2) is 0 Å². The van der Waals surface area contributed by atoms with E-state index in [1.165, 1.54) is 17.4 Å². The van der Waals surface area contributed by atoms with Crippen LogP contribution in [0.3, 0.4) is 0 Å². The predicted molar refractivity (Wildman–Crippen MR) is 102 cm³/mol. The van der Waals surface area contributed by atoms with Gasteiger partial charge >= 0.3 is 0 Å². The Hall–Kier alpha value is -2.42. The molecule has 0 aliphatic heterocycles. The number of nitrogens with zero attached hydrogens (tertiary/aromatic N) is 2. The lowest BCUT2D eigenvalue weighted by Crippen LogP contribution is -2.15. The van der Waals surface area contributed by atoms with Crippen LogP contribution >= 0.6 is 27.3 Å². The van der Waals surface area contributed by atoms with Gasteiger partial charge in [0.2, 0.25) is 0 Å². The molecule has 5 heteroatoms. The van der Waals surface area contributed by atoms with E-state index in [-0.39, 0.29) is 5.91 Å². The zero-order chi connectivity index (χ0) is 16.9. The van der Waals surface area contributed by atoms with Crippen molar-refractivity contribution in [2.75, 3.05) is 0 Å². The molecule has 1 amide bonds. The van der Waals surface area contributed by atoms with Gasteiger partial charge in [0.05, 0.1) is 16.8 Å². The minimum Gasteiger partial charge on any atom is -0.305 e. The molecule has 3 aromatic rings. The van der Waals surface area contributed by atoms with E-state index in [1.54, 1.807) is 6.08 Å². The molecule has 0 saturated carbocycles. The number of hydrogen-bond acceptors (Lipinski definition) is 2. The minimum atomic E-state index is -0.310. The molecule has 0 saturated heterocycles. The average molecular weight is 397 g/mol. The van der Waals surface area contributed by atoms with Gasteiger partial charge in [-0.15, -0.1) is 6.42 Å². The van der Waals surface area contributed by atoms with E-state index in [2.05, 4.69) is 26.8 Å². The summed E-state index contributed by atoms with van der Waals surface area (Å²) in [6.07, 6.45) is 8.68. The Kier molecular flexibility index (Phi) is 5.09. The first-order chi connectivity index (χ1) is 11.7. The molecule has 24 heavy (non-hydrogen) atoms. The zero-order valence-electron chi connectivity index (χ0n) is 12.6. The van der Waals surface area contributed by atoms with Gasteiger partial charge in [-0.05, 0) is 29.8 Å². The van der Waals surface area contributed by atoms with Crippen molar-refractivity contribution < 1.29 is 4.79 Å². The molecule has 1 aromatic heterocycles. The van der Waals surface area contributed by atoms with Crippen LogP contribution in [0, 0.1) is 12.3 Å². The Balaban J connectivity index is 2.00. The van der Waals surface area contributed by atoms with Gasteiger partial charge in [0, 0.05) is 10.5 Å². The summed E-state index contributed by atoms with van der Waals surface area (Å²) in [5.41, 5.74) is 1.93. The van der Waals surface area contributed by atoms with Crippen molar-refractivity contribution in [3.05, 3.63) is 69.4 Å². The lowest BCUT2D eigenvalue weighted by Gasteiger charge is -1.99. The van der Waals surface area contributed by atoms with Crippen molar-refractivity contribution in [1.29, 1.82) is 0 Å². The summed E-state index contributed by atoms with van der Waals surface area (Å²) in [6, 6.07) is 15.5. The van der Waals surface area contributed by atoms with Crippen molar-refractivity contribution in [2.24, 2.45) is 4.99 Å². The van der Waals surface area contributed by atoms with Gasteiger partial charge in [-0.3, -0.25) is 4.79 Å². The van der Waals surface area contributed by atoms with Crippen LogP contribution < -0.4 is 4.80 Å². The van der Waals surface area contributed by atoms with Crippen LogP contribution in [0.2, 0.25) is 0 Å². The van der Waals surface area contributed by atoms with Gasteiger partial charge in [-0.1, -0.05) is 63.5 Å². The fourth-order valence-corrected chi connectivity index (χ4v) is 3.83. The van der Waals surface area contributed by atoms with Crippen molar-refractivity contribution >= 4 is 49.5 Å². The van der Waals surface area contributed by atoms with E-state index in [4.69, 9.17) is 6.42 Å². The number of aromatic nitrogens is 1. The van der Waals surface area contributed by atoms with Crippen LogP contribution in [-0.4, -0.2) is 10.5 Å². The molecule has 0 bridgehead atoms. The highest BCUT2D eigenvalue weighted by molar-refractivity contribution is 9.10. The number of amides is 1. The monoisotopic (exact) mass is 396 g/mol. The maximum Gasteiger partial charge on any atom is 0.272 e. The molecular formula is C19H13BrN2OS. The van der Waals surface area contributed by atoms with E-state index in [0.717, 1.165) is 20.3 Å². The second-order valence-electron chi connectivity index (χ2n) is 4.98. The third-order valence-electron chi connectivity index (χ3n) is 3.32. The number of halogens is 1. The molecule has 0 aliphatic carbocycles. The van der Waals surface area contributed by atoms with Crippen LogP contribution in [0.1, 0.15) is 5.56 Å². The van der Waals surface area contributed by atoms with Crippen LogP contribution in [0.4, 0.5) is 0 Å². The number of rotatable bonds is 3. The van der Waals surface area contributed by atoms with Gasteiger partial charge in [-0.2, -0.15) is 4.99 Å². The summed E-state index contributed by atoms with van der Waals surface area (Å²) in [6.45, 7) is 0.371. The molecule has 3 rings (SSSR count). The highest BCUT2D eigenvalue weighted by Crippen LogP contribution is 2.22. The molecule has 3 nitrogen and oxygen atoms in total. The Morgan fingerprint density at radius 3 is 2.83 bits per heavy atom. The topological polar surface area (TPSA) is 34.4 Å². The predicted octanol–water partition coefficient (Wildman–Crippen LogP) is 4.24. The molecule has 118 valence electrons. The summed E-state index contributed by atoms with van der Waals surface area (Å²) in [7, 11) is 0. The number of carbonyl (C=O) groups excluding carboxylic acids is 1. The summed E-state index contributed by atoms with van der Waals surface area (Å²) in [5.74, 6) is 2.31. The van der Waals surface area contributed by atoms with Crippen LogP contribution in [0.25, 0.3) is 16.3 Å². The standard InChI is InChI=1S/C19H13BrN2OS/c1-2-12-22-16-10-9-15(20)13-17(16)24-19(22)21-18(23)11-8-14-6-4-3-5-7-14/h1,3-11,13H,12H2. The molecule has 2 aromatic carbocycles. The van der Waals surface area contributed by atoms with Gasteiger partial charge < -0.3 is 4.57 Å². The Morgan fingerprint density at radius 1 is 1.29 bits per heavy atom. The number of hydrogen-bond donors (Lipinski definition) is 0. The van der Waals surface area contributed by atoms with Crippen molar-refractivity contribution in [3.8, 4) is 12.3 Å². The third kappa shape index (κ3) is 3.73. The quantitative estimate of drug-likeness (QED) is 0.481. The smallest absolute Gasteiger partial charge is 0.272 e.